The molecule has 2 saturated heterocycles. The van der Waals surface area contributed by atoms with Crippen LogP contribution in [0, 0.1) is 0 Å². The third-order valence-electron chi connectivity index (χ3n) is 6.51. The number of carbonyl (C=O) groups is 3. The van der Waals surface area contributed by atoms with E-state index in [4.69, 9.17) is 9.47 Å². The summed E-state index contributed by atoms with van der Waals surface area (Å²) in [7, 11) is 0. The molecule has 3 atom stereocenters. The average molecular weight is 520 g/mol. The summed E-state index contributed by atoms with van der Waals surface area (Å²) < 4.78 is 10.9. The normalized spacial score (nSPS) is 25.6. The zero-order valence-electron chi connectivity index (χ0n) is 21.4. The SMILES string of the molecule is CC(C)(C)OC(=O)C1=CC2(N=N1)C(=O)N1[C@@H](C(=O)OC(c3ccccc3)c3ccccc3)C(C)(C)S[C@@H]12. The zero-order chi connectivity index (χ0) is 26.6. The van der Waals surface area contributed by atoms with Crippen LogP contribution in [0.5, 0.6) is 0 Å². The molecule has 2 fully saturated rings. The van der Waals surface area contributed by atoms with Crippen LogP contribution >= 0.6 is 11.8 Å². The van der Waals surface area contributed by atoms with Crippen LogP contribution in [0.4, 0.5) is 0 Å². The molecule has 8 nitrogen and oxygen atoms in total. The van der Waals surface area contributed by atoms with E-state index < -0.39 is 45.3 Å². The number of hydrogen-bond donors (Lipinski definition) is 0. The molecule has 0 aliphatic carbocycles. The molecule has 5 rings (SSSR count). The fourth-order valence-electron chi connectivity index (χ4n) is 4.87. The van der Waals surface area contributed by atoms with Gasteiger partial charge in [0, 0.05) is 4.75 Å². The summed E-state index contributed by atoms with van der Waals surface area (Å²) in [5, 5.41) is 7.71. The standard InChI is InChI=1S/C28H29N3O5S/c1-26(2,3)36-22(32)19-16-28(30-29-19)24(34)31-21(27(4,5)37-25(28)31)23(33)35-20(17-12-8-6-9-13-17)18-14-10-7-11-15-18/h6-16,20-21,25H,1-5H3/t21-,25+,28?/m0/s1. The highest BCUT2D eigenvalue weighted by molar-refractivity contribution is 8.01. The van der Waals surface area contributed by atoms with E-state index in [-0.39, 0.29) is 11.6 Å². The Morgan fingerprint density at radius 3 is 2.11 bits per heavy atom. The van der Waals surface area contributed by atoms with E-state index in [0.29, 0.717) is 0 Å². The Morgan fingerprint density at radius 1 is 1.00 bits per heavy atom. The van der Waals surface area contributed by atoms with E-state index in [2.05, 4.69) is 10.2 Å². The summed E-state index contributed by atoms with van der Waals surface area (Å²) in [5.41, 5.74) is -0.348. The summed E-state index contributed by atoms with van der Waals surface area (Å²) in [6.07, 6.45) is 0.850. The smallest absolute Gasteiger partial charge is 0.359 e. The minimum atomic E-state index is -1.32. The summed E-state index contributed by atoms with van der Waals surface area (Å²) in [4.78, 5) is 41.3. The lowest BCUT2D eigenvalue weighted by molar-refractivity contribution is -0.168. The highest BCUT2D eigenvalue weighted by Crippen LogP contribution is 2.58. The Morgan fingerprint density at radius 2 is 1.57 bits per heavy atom. The molecule has 192 valence electrons. The molecule has 3 aliphatic rings. The number of hydrogen-bond acceptors (Lipinski definition) is 8. The summed E-state index contributed by atoms with van der Waals surface area (Å²) in [6.45, 7) is 9.09. The molecule has 9 heteroatoms. The van der Waals surface area contributed by atoms with Crippen molar-refractivity contribution in [2.24, 2.45) is 10.2 Å². The molecule has 0 radical (unpaired) electrons. The van der Waals surface area contributed by atoms with E-state index >= 15 is 0 Å². The van der Waals surface area contributed by atoms with Crippen molar-refractivity contribution in [3.05, 3.63) is 83.6 Å². The number of esters is 2. The molecule has 37 heavy (non-hydrogen) atoms. The third kappa shape index (κ3) is 4.35. The first-order valence-corrected chi connectivity index (χ1v) is 13.0. The van der Waals surface area contributed by atoms with Gasteiger partial charge < -0.3 is 14.4 Å². The molecule has 2 aromatic carbocycles. The van der Waals surface area contributed by atoms with E-state index in [1.165, 1.54) is 22.7 Å². The Hall–Kier alpha value is -3.46. The van der Waals surface area contributed by atoms with Crippen LogP contribution in [-0.2, 0) is 23.9 Å². The van der Waals surface area contributed by atoms with Gasteiger partial charge in [0.25, 0.3) is 5.91 Å². The molecule has 1 unspecified atom stereocenters. The number of carbonyl (C=O) groups excluding carboxylic acids is 3. The van der Waals surface area contributed by atoms with Crippen molar-refractivity contribution in [2.45, 2.75) is 68.0 Å². The second-order valence-corrected chi connectivity index (χ2v) is 12.6. The first kappa shape index (κ1) is 25.2. The maximum Gasteiger partial charge on any atom is 0.359 e. The number of ether oxygens (including phenoxy) is 2. The number of nitrogens with zero attached hydrogens (tertiary/aromatic N) is 3. The van der Waals surface area contributed by atoms with Crippen LogP contribution in [0.25, 0.3) is 0 Å². The van der Waals surface area contributed by atoms with Crippen molar-refractivity contribution in [3.63, 3.8) is 0 Å². The van der Waals surface area contributed by atoms with Crippen molar-refractivity contribution in [2.75, 3.05) is 0 Å². The average Bonchev–Trinajstić information content (AvgIpc) is 3.42. The van der Waals surface area contributed by atoms with Gasteiger partial charge in [-0.15, -0.1) is 16.9 Å². The monoisotopic (exact) mass is 519 g/mol. The number of fused-ring (bicyclic) bond motifs is 2. The lowest BCUT2D eigenvalue weighted by atomic mass is 9.85. The minimum Gasteiger partial charge on any atom is -0.455 e. The second kappa shape index (κ2) is 8.83. The molecule has 3 heterocycles. The van der Waals surface area contributed by atoms with Crippen molar-refractivity contribution in [1.82, 2.24) is 4.90 Å². The minimum absolute atomic E-state index is 0.000534. The van der Waals surface area contributed by atoms with E-state index in [9.17, 15) is 14.4 Å². The number of benzene rings is 2. The van der Waals surface area contributed by atoms with Gasteiger partial charge in [0.15, 0.2) is 11.8 Å². The highest BCUT2D eigenvalue weighted by atomic mass is 32.2. The third-order valence-corrected chi connectivity index (χ3v) is 8.15. The Labute approximate surface area is 220 Å². The Bertz CT molecular complexity index is 1260. The molecule has 1 spiro atoms. The lowest BCUT2D eigenvalue weighted by Crippen LogP contribution is -2.71. The lowest BCUT2D eigenvalue weighted by Gasteiger charge is -2.47. The number of thioether (sulfide) groups is 1. The van der Waals surface area contributed by atoms with Crippen LogP contribution in [0.1, 0.15) is 51.8 Å². The second-order valence-electron chi connectivity index (χ2n) is 10.9. The van der Waals surface area contributed by atoms with Crippen molar-refractivity contribution in [1.29, 1.82) is 0 Å². The predicted octanol–water partition coefficient (Wildman–Crippen LogP) is 4.81. The summed E-state index contributed by atoms with van der Waals surface area (Å²) in [6, 6.07) is 18.2. The zero-order valence-corrected chi connectivity index (χ0v) is 22.2. The Kier molecular flexibility index (Phi) is 6.02. The van der Waals surface area contributed by atoms with Gasteiger partial charge >= 0.3 is 11.9 Å². The molecule has 0 aromatic heterocycles. The van der Waals surface area contributed by atoms with Gasteiger partial charge in [-0.3, -0.25) is 4.79 Å². The van der Waals surface area contributed by atoms with Gasteiger partial charge in [0.1, 0.15) is 17.0 Å². The number of rotatable bonds is 5. The van der Waals surface area contributed by atoms with Gasteiger partial charge in [-0.2, -0.15) is 5.11 Å². The van der Waals surface area contributed by atoms with Gasteiger partial charge in [-0.1, -0.05) is 60.7 Å². The maximum absolute atomic E-state index is 13.7. The largest absolute Gasteiger partial charge is 0.455 e. The van der Waals surface area contributed by atoms with E-state index in [0.717, 1.165) is 11.1 Å². The first-order valence-electron chi connectivity index (χ1n) is 12.1. The highest BCUT2D eigenvalue weighted by Gasteiger charge is 2.73. The van der Waals surface area contributed by atoms with Crippen molar-refractivity contribution < 1.29 is 23.9 Å². The molecule has 0 N–H and O–H groups in total. The fraction of sp³-hybridized carbons (Fsp3) is 0.393. The Balaban J connectivity index is 1.40. The molecule has 0 saturated carbocycles. The fourth-order valence-corrected chi connectivity index (χ4v) is 6.51. The van der Waals surface area contributed by atoms with Gasteiger partial charge in [0.05, 0.1) is 0 Å². The van der Waals surface area contributed by atoms with Crippen LogP contribution in [0.3, 0.4) is 0 Å². The van der Waals surface area contributed by atoms with E-state index in [1.54, 1.807) is 20.8 Å². The molecule has 1 amide bonds. The maximum atomic E-state index is 13.7. The van der Waals surface area contributed by atoms with Gasteiger partial charge in [-0.25, -0.2) is 9.59 Å². The molecular formula is C28H29N3O5S. The van der Waals surface area contributed by atoms with Crippen molar-refractivity contribution >= 4 is 29.6 Å². The number of amides is 1. The van der Waals surface area contributed by atoms with Crippen LogP contribution in [-0.4, -0.2) is 50.0 Å². The molecule has 3 aliphatic heterocycles. The predicted molar refractivity (Wildman–Crippen MR) is 138 cm³/mol. The number of β-lactam (4-membered cyclic amide) rings is 1. The quantitative estimate of drug-likeness (QED) is 0.415. The molecule has 0 bridgehead atoms. The summed E-state index contributed by atoms with van der Waals surface area (Å²) >= 11 is 1.45. The topological polar surface area (TPSA) is 97.6 Å². The van der Waals surface area contributed by atoms with Gasteiger partial charge in [-0.05, 0) is 51.8 Å². The van der Waals surface area contributed by atoms with Crippen LogP contribution in [0.2, 0.25) is 0 Å². The van der Waals surface area contributed by atoms with Crippen LogP contribution < -0.4 is 0 Å². The summed E-state index contributed by atoms with van der Waals surface area (Å²) in [5.74, 6) is -1.51. The first-order chi connectivity index (χ1) is 17.4. The van der Waals surface area contributed by atoms with Gasteiger partial charge in [0.2, 0.25) is 5.54 Å². The van der Waals surface area contributed by atoms with E-state index in [1.807, 2.05) is 74.5 Å². The van der Waals surface area contributed by atoms with Crippen molar-refractivity contribution in [3.8, 4) is 0 Å². The number of azo groups is 1. The molecule has 2 aromatic rings. The molecular weight excluding hydrogens is 490 g/mol. The van der Waals surface area contributed by atoms with Crippen LogP contribution in [0.15, 0.2) is 82.7 Å².